The number of rotatable bonds is 0. The van der Waals surface area contributed by atoms with Crippen LogP contribution in [0.3, 0.4) is 0 Å². The summed E-state index contributed by atoms with van der Waals surface area (Å²) in [6.07, 6.45) is 6.62. The van der Waals surface area contributed by atoms with Crippen LogP contribution in [0.4, 0.5) is 0 Å². The largest absolute Gasteiger partial charge is 0.498 e. The highest BCUT2D eigenvalue weighted by molar-refractivity contribution is 7.99. The second-order valence-electron chi connectivity index (χ2n) is 2.32. The van der Waals surface area contributed by atoms with Gasteiger partial charge >= 0.3 is 0 Å². The first-order valence-electron chi connectivity index (χ1n) is 4.06. The topological polar surface area (TPSA) is 33.6 Å². The molecule has 0 unspecified atom stereocenters. The van der Waals surface area contributed by atoms with Gasteiger partial charge in [0.2, 0.25) is 0 Å². The summed E-state index contributed by atoms with van der Waals surface area (Å²) in [7, 11) is 0. The smallest absolute Gasteiger partial charge is 0.105 e. The minimum absolute atomic E-state index is 0.802. The normalized spacial score (nSPS) is 20.0. The molecule has 0 aromatic carbocycles. The Morgan fingerprint density at radius 1 is 1.50 bits per heavy atom. The van der Waals surface area contributed by atoms with E-state index in [0.717, 1.165) is 19.0 Å². The van der Waals surface area contributed by atoms with Gasteiger partial charge < -0.3 is 10.1 Å². The van der Waals surface area contributed by atoms with Crippen molar-refractivity contribution in [1.29, 1.82) is 0 Å². The summed E-state index contributed by atoms with van der Waals surface area (Å²) in [6.45, 7) is 1.74. The summed E-state index contributed by atoms with van der Waals surface area (Å²) in [5.41, 5.74) is 0. The SMILES string of the molecule is C1=COCCN1.C1=NCSCC1. The second kappa shape index (κ2) is 7.03. The average Bonchev–Trinajstić information content (AvgIpc) is 2.24. The molecule has 0 aliphatic carbocycles. The van der Waals surface area contributed by atoms with Gasteiger partial charge in [-0.15, -0.1) is 11.8 Å². The molecule has 12 heavy (non-hydrogen) atoms. The summed E-state index contributed by atoms with van der Waals surface area (Å²) < 4.78 is 4.83. The molecule has 0 radical (unpaired) electrons. The van der Waals surface area contributed by atoms with E-state index in [1.807, 2.05) is 18.0 Å². The quantitative estimate of drug-likeness (QED) is 0.618. The zero-order chi connectivity index (χ0) is 8.49. The fourth-order valence-corrected chi connectivity index (χ4v) is 1.37. The predicted octanol–water partition coefficient (Wildman–Crippen LogP) is 1.23. The number of nitrogens with zero attached hydrogens (tertiary/aromatic N) is 1. The Balaban J connectivity index is 0.000000120. The second-order valence-corrected chi connectivity index (χ2v) is 3.39. The first-order chi connectivity index (χ1) is 6.00. The molecular weight excluding hydrogens is 172 g/mol. The molecule has 0 bridgehead atoms. The van der Waals surface area contributed by atoms with E-state index in [-0.39, 0.29) is 0 Å². The van der Waals surface area contributed by atoms with E-state index in [4.69, 9.17) is 4.74 Å². The molecule has 4 heteroatoms. The molecule has 2 aliphatic rings. The maximum Gasteiger partial charge on any atom is 0.105 e. The van der Waals surface area contributed by atoms with Crippen molar-refractivity contribution in [2.24, 2.45) is 4.99 Å². The minimum Gasteiger partial charge on any atom is -0.498 e. The Morgan fingerprint density at radius 2 is 2.50 bits per heavy atom. The van der Waals surface area contributed by atoms with Crippen LogP contribution in [0.15, 0.2) is 17.5 Å². The van der Waals surface area contributed by atoms with Crippen LogP contribution in [0.2, 0.25) is 0 Å². The van der Waals surface area contributed by atoms with Gasteiger partial charge in [-0.25, -0.2) is 0 Å². The summed E-state index contributed by atoms with van der Waals surface area (Å²) >= 11 is 1.90. The van der Waals surface area contributed by atoms with E-state index in [1.54, 1.807) is 12.5 Å². The van der Waals surface area contributed by atoms with Crippen LogP contribution in [0.5, 0.6) is 0 Å². The van der Waals surface area contributed by atoms with E-state index in [0.29, 0.717) is 0 Å². The molecule has 0 spiro atoms. The van der Waals surface area contributed by atoms with Crippen LogP contribution in [-0.4, -0.2) is 31.0 Å². The number of aliphatic imine (C=N–C) groups is 1. The summed E-state index contributed by atoms with van der Waals surface area (Å²) in [5.74, 6) is 2.25. The Bertz CT molecular complexity index is 125. The van der Waals surface area contributed by atoms with Gasteiger partial charge in [-0.2, -0.15) is 0 Å². The zero-order valence-corrected chi connectivity index (χ0v) is 7.85. The summed E-state index contributed by atoms with van der Waals surface area (Å²) in [6, 6.07) is 0. The zero-order valence-electron chi connectivity index (χ0n) is 7.03. The van der Waals surface area contributed by atoms with Crippen molar-refractivity contribution < 1.29 is 4.74 Å². The molecule has 0 atom stereocenters. The van der Waals surface area contributed by atoms with Gasteiger partial charge in [0.05, 0.1) is 12.1 Å². The number of thioether (sulfide) groups is 1. The third kappa shape index (κ3) is 5.07. The number of hydrogen-bond acceptors (Lipinski definition) is 4. The molecular formula is C8H14N2OS. The van der Waals surface area contributed by atoms with Crippen molar-refractivity contribution in [3.8, 4) is 0 Å². The van der Waals surface area contributed by atoms with Crippen molar-refractivity contribution in [3.63, 3.8) is 0 Å². The Kier molecular flexibility index (Phi) is 5.54. The Hall–Kier alpha value is -0.640. The number of hydrogen-bond donors (Lipinski definition) is 1. The average molecular weight is 186 g/mol. The van der Waals surface area contributed by atoms with Crippen LogP contribution in [0, 0.1) is 0 Å². The van der Waals surface area contributed by atoms with Gasteiger partial charge in [-0.3, -0.25) is 4.99 Å². The Morgan fingerprint density at radius 3 is 2.67 bits per heavy atom. The van der Waals surface area contributed by atoms with Gasteiger partial charge in [-0.1, -0.05) is 0 Å². The predicted molar refractivity (Wildman–Crippen MR) is 53.5 cm³/mol. The maximum atomic E-state index is 4.83. The van der Waals surface area contributed by atoms with Crippen molar-refractivity contribution in [2.75, 3.05) is 24.8 Å². The van der Waals surface area contributed by atoms with Crippen LogP contribution >= 0.6 is 11.8 Å². The lowest BCUT2D eigenvalue weighted by Crippen LogP contribution is -2.16. The highest BCUT2D eigenvalue weighted by atomic mass is 32.2. The molecule has 3 nitrogen and oxygen atoms in total. The van der Waals surface area contributed by atoms with Gasteiger partial charge in [0, 0.05) is 24.7 Å². The van der Waals surface area contributed by atoms with Gasteiger partial charge in [0.25, 0.3) is 0 Å². The van der Waals surface area contributed by atoms with Crippen LogP contribution < -0.4 is 5.32 Å². The van der Waals surface area contributed by atoms with Crippen LogP contribution in [-0.2, 0) is 4.74 Å². The third-order valence-corrected chi connectivity index (χ3v) is 2.19. The van der Waals surface area contributed by atoms with E-state index >= 15 is 0 Å². The molecule has 0 saturated carbocycles. The first kappa shape index (κ1) is 9.45. The van der Waals surface area contributed by atoms with Crippen molar-refractivity contribution in [3.05, 3.63) is 12.5 Å². The summed E-state index contributed by atoms with van der Waals surface area (Å²) in [5, 5.41) is 2.98. The van der Waals surface area contributed by atoms with Crippen molar-refractivity contribution >= 4 is 18.0 Å². The lowest BCUT2D eigenvalue weighted by Gasteiger charge is -2.05. The monoisotopic (exact) mass is 186 g/mol. The fourth-order valence-electron chi connectivity index (χ4n) is 0.763. The fraction of sp³-hybridized carbons (Fsp3) is 0.625. The third-order valence-electron chi connectivity index (χ3n) is 1.33. The van der Waals surface area contributed by atoms with E-state index < -0.39 is 0 Å². The highest BCUT2D eigenvalue weighted by Gasteiger charge is 1.88. The van der Waals surface area contributed by atoms with Crippen molar-refractivity contribution in [1.82, 2.24) is 5.32 Å². The van der Waals surface area contributed by atoms with Crippen LogP contribution in [0.25, 0.3) is 0 Å². The molecule has 0 aromatic heterocycles. The molecule has 68 valence electrons. The first-order valence-corrected chi connectivity index (χ1v) is 5.21. The molecule has 0 amide bonds. The van der Waals surface area contributed by atoms with Gasteiger partial charge in [-0.05, 0) is 6.42 Å². The Labute approximate surface area is 77.3 Å². The summed E-state index contributed by atoms with van der Waals surface area (Å²) in [4.78, 5) is 4.02. The van der Waals surface area contributed by atoms with Gasteiger partial charge in [0.1, 0.15) is 6.61 Å². The lowest BCUT2D eigenvalue weighted by molar-refractivity contribution is 0.236. The molecule has 0 fully saturated rings. The molecule has 1 N–H and O–H groups in total. The molecule has 0 aromatic rings. The van der Waals surface area contributed by atoms with Crippen LogP contribution in [0.1, 0.15) is 6.42 Å². The molecule has 0 saturated heterocycles. The van der Waals surface area contributed by atoms with Crippen molar-refractivity contribution in [2.45, 2.75) is 6.42 Å². The highest BCUT2D eigenvalue weighted by Crippen LogP contribution is 2.04. The minimum atomic E-state index is 0.802. The molecule has 2 rings (SSSR count). The van der Waals surface area contributed by atoms with E-state index in [2.05, 4.69) is 10.3 Å². The lowest BCUT2D eigenvalue weighted by atomic mass is 10.5. The number of ether oxygens (including phenoxy) is 1. The van der Waals surface area contributed by atoms with E-state index in [9.17, 15) is 0 Å². The molecule has 2 aliphatic heterocycles. The van der Waals surface area contributed by atoms with E-state index in [1.165, 1.54) is 12.2 Å². The van der Waals surface area contributed by atoms with Gasteiger partial charge in [0.15, 0.2) is 0 Å². The standard InChI is InChI=1S/C4H7NO.C4H7NS/c1-3-6-4-2-5-1;1-2-5-4-6-3-1/h1,3,5H,2,4H2;2H,1,3-4H2. The molecule has 2 heterocycles. The maximum absolute atomic E-state index is 4.83. The number of nitrogens with one attached hydrogen (secondary N) is 1.